The first-order valence-electron chi connectivity index (χ1n) is 3.42. The molecule has 0 aliphatic rings. The van der Waals surface area contributed by atoms with Gasteiger partial charge in [0.25, 0.3) is 0 Å². The highest BCUT2D eigenvalue weighted by atomic mass is 16.5. The van der Waals surface area contributed by atoms with E-state index in [9.17, 15) is 5.21 Å². The predicted molar refractivity (Wildman–Crippen MR) is 39.5 cm³/mol. The van der Waals surface area contributed by atoms with Crippen LogP contribution in [-0.4, -0.2) is 0 Å². The third-order valence-corrected chi connectivity index (χ3v) is 1.50. The highest BCUT2D eigenvalue weighted by molar-refractivity contribution is 5.07. The van der Waals surface area contributed by atoms with E-state index in [1.807, 2.05) is 26.0 Å². The van der Waals surface area contributed by atoms with Crippen molar-refractivity contribution in [3.63, 3.8) is 0 Å². The van der Waals surface area contributed by atoms with Crippen molar-refractivity contribution in [2.45, 2.75) is 20.3 Å². The Balaban J connectivity index is 3.07. The molecule has 0 N–H and O–H groups in total. The van der Waals surface area contributed by atoms with E-state index in [0.29, 0.717) is 0 Å². The molecule has 1 heterocycles. The van der Waals surface area contributed by atoms with Gasteiger partial charge in [-0.25, -0.2) is 0 Å². The zero-order valence-corrected chi connectivity index (χ0v) is 6.29. The molecule has 1 aromatic heterocycles. The lowest BCUT2D eigenvalue weighted by Crippen LogP contribution is -2.31. The molecule has 54 valence electrons. The summed E-state index contributed by atoms with van der Waals surface area (Å²) in [6.45, 7) is 3.88. The van der Waals surface area contributed by atoms with Crippen molar-refractivity contribution in [3.05, 3.63) is 34.8 Å². The molecule has 0 bridgehead atoms. The van der Waals surface area contributed by atoms with Crippen molar-refractivity contribution in [1.82, 2.24) is 0 Å². The SMILES string of the molecule is CCc1ccc(C)c[n+]1[O-]. The highest BCUT2D eigenvalue weighted by Gasteiger charge is 1.99. The Hall–Kier alpha value is -1.05. The maximum atomic E-state index is 11.0. The first kappa shape index (κ1) is 7.06. The van der Waals surface area contributed by atoms with E-state index in [1.54, 1.807) is 6.20 Å². The van der Waals surface area contributed by atoms with Gasteiger partial charge >= 0.3 is 0 Å². The van der Waals surface area contributed by atoms with Crippen LogP contribution in [0, 0.1) is 12.1 Å². The van der Waals surface area contributed by atoms with E-state index in [1.165, 1.54) is 0 Å². The Bertz CT molecular complexity index is 233. The molecule has 0 aliphatic heterocycles. The van der Waals surface area contributed by atoms with E-state index in [4.69, 9.17) is 0 Å². The minimum atomic E-state index is 0.795. The van der Waals surface area contributed by atoms with Crippen molar-refractivity contribution in [2.24, 2.45) is 0 Å². The summed E-state index contributed by atoms with van der Waals surface area (Å²) in [7, 11) is 0. The van der Waals surface area contributed by atoms with Gasteiger partial charge in [0.15, 0.2) is 11.9 Å². The Labute approximate surface area is 60.7 Å². The molecule has 0 atom stereocenters. The molecule has 0 aliphatic carbocycles. The number of hydrogen-bond acceptors (Lipinski definition) is 1. The second kappa shape index (κ2) is 2.69. The molecule has 1 aromatic rings. The summed E-state index contributed by atoms with van der Waals surface area (Å²) < 4.78 is 0.926. The van der Waals surface area contributed by atoms with Gasteiger partial charge in [0, 0.05) is 18.1 Å². The van der Waals surface area contributed by atoms with Crippen molar-refractivity contribution in [3.8, 4) is 0 Å². The van der Waals surface area contributed by atoms with Gasteiger partial charge in [-0.3, -0.25) is 0 Å². The second-order valence-corrected chi connectivity index (χ2v) is 2.38. The maximum absolute atomic E-state index is 11.0. The minimum Gasteiger partial charge on any atom is -0.618 e. The molecule has 0 fully saturated rings. The number of pyridine rings is 1. The molecular weight excluding hydrogens is 126 g/mol. The fraction of sp³-hybridized carbons (Fsp3) is 0.375. The van der Waals surface area contributed by atoms with Gasteiger partial charge in [-0.1, -0.05) is 6.92 Å². The number of rotatable bonds is 1. The predicted octanol–water partition coefficient (Wildman–Crippen LogP) is 1.19. The topological polar surface area (TPSA) is 26.9 Å². The standard InChI is InChI=1S/C8H11NO/c1-3-8-5-4-7(2)6-9(8)10/h4-6H,3H2,1-2H3. The van der Waals surface area contributed by atoms with Crippen molar-refractivity contribution >= 4 is 0 Å². The molecule has 0 unspecified atom stereocenters. The molecule has 0 saturated carbocycles. The average Bonchev–Trinajstić information content (AvgIpc) is 1.88. The van der Waals surface area contributed by atoms with E-state index >= 15 is 0 Å². The highest BCUT2D eigenvalue weighted by Crippen LogP contribution is 1.95. The smallest absolute Gasteiger partial charge is 0.192 e. The zero-order chi connectivity index (χ0) is 7.56. The summed E-state index contributed by atoms with van der Waals surface area (Å²) in [5.74, 6) is 0. The monoisotopic (exact) mass is 137 g/mol. The molecule has 0 amide bonds. The lowest BCUT2D eigenvalue weighted by molar-refractivity contribution is -0.614. The molecular formula is C8H11NO. The summed E-state index contributed by atoms with van der Waals surface area (Å²) in [5.41, 5.74) is 1.83. The summed E-state index contributed by atoms with van der Waals surface area (Å²) >= 11 is 0. The average molecular weight is 137 g/mol. The second-order valence-electron chi connectivity index (χ2n) is 2.38. The van der Waals surface area contributed by atoms with Crippen LogP contribution < -0.4 is 4.73 Å². The third-order valence-electron chi connectivity index (χ3n) is 1.50. The summed E-state index contributed by atoms with van der Waals surface area (Å²) in [4.78, 5) is 0. The summed E-state index contributed by atoms with van der Waals surface area (Å²) in [6, 6.07) is 3.82. The largest absolute Gasteiger partial charge is 0.618 e. The lowest BCUT2D eigenvalue weighted by Gasteiger charge is -2.01. The van der Waals surface area contributed by atoms with Crippen LogP contribution in [0.4, 0.5) is 0 Å². The maximum Gasteiger partial charge on any atom is 0.192 e. The summed E-state index contributed by atoms with van der Waals surface area (Å²) in [6.07, 6.45) is 2.39. The van der Waals surface area contributed by atoms with Crippen molar-refractivity contribution in [1.29, 1.82) is 0 Å². The third kappa shape index (κ3) is 1.26. The Morgan fingerprint density at radius 3 is 2.70 bits per heavy atom. The first-order chi connectivity index (χ1) is 4.74. The van der Waals surface area contributed by atoms with Gasteiger partial charge in [0.05, 0.1) is 0 Å². The fourth-order valence-corrected chi connectivity index (χ4v) is 0.886. The molecule has 1 rings (SSSR count). The molecule has 2 heteroatoms. The molecule has 0 spiro atoms. The van der Waals surface area contributed by atoms with E-state index in [0.717, 1.165) is 22.4 Å². The quantitative estimate of drug-likeness (QED) is 0.422. The lowest BCUT2D eigenvalue weighted by atomic mass is 10.2. The van der Waals surface area contributed by atoms with E-state index < -0.39 is 0 Å². The molecule has 0 aromatic carbocycles. The normalized spacial score (nSPS) is 9.80. The first-order valence-corrected chi connectivity index (χ1v) is 3.42. The molecule has 10 heavy (non-hydrogen) atoms. The van der Waals surface area contributed by atoms with E-state index in [-0.39, 0.29) is 0 Å². The number of aromatic nitrogens is 1. The van der Waals surface area contributed by atoms with E-state index in [2.05, 4.69) is 0 Å². The number of aryl methyl sites for hydroxylation is 2. The fourth-order valence-electron chi connectivity index (χ4n) is 0.886. The molecule has 0 radical (unpaired) electrons. The van der Waals surface area contributed by atoms with Gasteiger partial charge in [0.2, 0.25) is 0 Å². The van der Waals surface area contributed by atoms with Gasteiger partial charge in [-0.15, -0.1) is 0 Å². The molecule has 0 saturated heterocycles. The Morgan fingerprint density at radius 2 is 2.20 bits per heavy atom. The van der Waals surface area contributed by atoms with Gasteiger partial charge in [-0.2, -0.15) is 4.73 Å². The molecule has 2 nitrogen and oxygen atoms in total. The van der Waals surface area contributed by atoms with Gasteiger partial charge < -0.3 is 5.21 Å². The Kier molecular flexibility index (Phi) is 1.90. The van der Waals surface area contributed by atoms with Crippen LogP contribution >= 0.6 is 0 Å². The van der Waals surface area contributed by atoms with Crippen LogP contribution in [0.15, 0.2) is 18.3 Å². The van der Waals surface area contributed by atoms with Crippen molar-refractivity contribution < 1.29 is 4.73 Å². The van der Waals surface area contributed by atoms with Gasteiger partial charge in [-0.05, 0) is 13.0 Å². The van der Waals surface area contributed by atoms with Crippen LogP contribution in [-0.2, 0) is 6.42 Å². The number of hydrogen-bond donors (Lipinski definition) is 0. The van der Waals surface area contributed by atoms with Gasteiger partial charge in [0.1, 0.15) is 0 Å². The van der Waals surface area contributed by atoms with Crippen LogP contribution in [0.5, 0.6) is 0 Å². The minimum absolute atomic E-state index is 0.795. The summed E-state index contributed by atoms with van der Waals surface area (Å²) in [5, 5.41) is 11.0. The van der Waals surface area contributed by atoms with Crippen LogP contribution in [0.25, 0.3) is 0 Å². The zero-order valence-electron chi connectivity index (χ0n) is 6.29. The van der Waals surface area contributed by atoms with Crippen LogP contribution in [0.2, 0.25) is 0 Å². The van der Waals surface area contributed by atoms with Crippen LogP contribution in [0.3, 0.4) is 0 Å². The van der Waals surface area contributed by atoms with Crippen molar-refractivity contribution in [2.75, 3.05) is 0 Å². The van der Waals surface area contributed by atoms with Crippen LogP contribution in [0.1, 0.15) is 18.2 Å². The number of nitrogens with zero attached hydrogens (tertiary/aromatic N) is 1. The Morgan fingerprint density at radius 1 is 1.50 bits per heavy atom.